The van der Waals surface area contributed by atoms with E-state index in [4.69, 9.17) is 0 Å². The van der Waals surface area contributed by atoms with Gasteiger partial charge in [-0.3, -0.25) is 9.89 Å². The minimum atomic E-state index is -2.94. The third-order valence-corrected chi connectivity index (χ3v) is 5.36. The van der Waals surface area contributed by atoms with Gasteiger partial charge >= 0.3 is 0 Å². The predicted octanol–water partition coefficient (Wildman–Crippen LogP) is 2.02. The summed E-state index contributed by atoms with van der Waals surface area (Å²) in [5.74, 6) is 0.855. The van der Waals surface area contributed by atoms with Gasteiger partial charge in [-0.25, -0.2) is 8.42 Å². The quantitative estimate of drug-likeness (QED) is 0.478. The van der Waals surface area contributed by atoms with Crippen LogP contribution in [-0.4, -0.2) is 57.5 Å². The van der Waals surface area contributed by atoms with Crippen molar-refractivity contribution in [3.63, 3.8) is 0 Å². The summed E-state index contributed by atoms with van der Waals surface area (Å²) in [4.78, 5) is 6.63. The molecule has 0 radical (unpaired) electrons. The molecule has 0 aliphatic carbocycles. The van der Waals surface area contributed by atoms with Crippen molar-refractivity contribution < 1.29 is 8.42 Å². The van der Waals surface area contributed by atoms with Crippen molar-refractivity contribution in [2.75, 3.05) is 32.1 Å². The molecule has 0 saturated heterocycles. The lowest BCUT2D eigenvalue weighted by Crippen LogP contribution is -2.42. The zero-order valence-electron chi connectivity index (χ0n) is 16.7. The highest BCUT2D eigenvalue weighted by Crippen LogP contribution is 2.11. The van der Waals surface area contributed by atoms with Crippen molar-refractivity contribution in [1.29, 1.82) is 0 Å². The highest BCUT2D eigenvalue weighted by atomic mass is 32.2. The first kappa shape index (κ1) is 22.4. The highest BCUT2D eigenvalue weighted by molar-refractivity contribution is 7.90. The van der Waals surface area contributed by atoms with Gasteiger partial charge in [0.15, 0.2) is 5.96 Å². The average Bonchev–Trinajstić information content (AvgIpc) is 2.61. The molecule has 1 rings (SSSR count). The molecule has 0 amide bonds. The Hall–Kier alpha value is -1.60. The van der Waals surface area contributed by atoms with E-state index in [2.05, 4.69) is 52.6 Å². The van der Waals surface area contributed by atoms with Gasteiger partial charge in [-0.05, 0) is 37.6 Å². The smallest absolute Gasteiger partial charge is 0.191 e. The molecule has 7 heteroatoms. The molecule has 1 aromatic carbocycles. The van der Waals surface area contributed by atoms with E-state index in [1.165, 1.54) is 17.4 Å². The van der Waals surface area contributed by atoms with Gasteiger partial charge in [0.25, 0.3) is 0 Å². The number of hydrogen-bond donors (Lipinski definition) is 2. The van der Waals surface area contributed by atoms with E-state index in [9.17, 15) is 8.42 Å². The zero-order valence-corrected chi connectivity index (χ0v) is 17.6. The van der Waals surface area contributed by atoms with Gasteiger partial charge < -0.3 is 10.6 Å². The average molecular weight is 383 g/mol. The van der Waals surface area contributed by atoms with E-state index in [0.717, 1.165) is 19.6 Å². The van der Waals surface area contributed by atoms with Gasteiger partial charge in [0.1, 0.15) is 9.84 Å². The summed E-state index contributed by atoms with van der Waals surface area (Å²) in [6.07, 6.45) is 1.82. The second kappa shape index (κ2) is 11.2. The molecule has 148 valence electrons. The topological polar surface area (TPSA) is 73.8 Å². The molecule has 0 aliphatic heterocycles. The first-order valence-electron chi connectivity index (χ1n) is 9.23. The lowest BCUT2D eigenvalue weighted by molar-refractivity contribution is 0.295. The Labute approximate surface area is 159 Å². The molecule has 0 fully saturated rings. The van der Waals surface area contributed by atoms with Crippen molar-refractivity contribution in [1.82, 2.24) is 15.5 Å². The SMILES string of the molecule is CCN(CC)Cc1ccccc1CNC(=NC)NC(C)CCS(C)(=O)=O. The normalized spacial score (nSPS) is 13.7. The maximum Gasteiger partial charge on any atom is 0.191 e. The lowest BCUT2D eigenvalue weighted by atomic mass is 10.1. The van der Waals surface area contributed by atoms with Crippen LogP contribution in [0, 0.1) is 0 Å². The fraction of sp³-hybridized carbons (Fsp3) is 0.632. The Balaban J connectivity index is 2.63. The van der Waals surface area contributed by atoms with Crippen LogP contribution < -0.4 is 10.6 Å². The first-order chi connectivity index (χ1) is 12.3. The lowest BCUT2D eigenvalue weighted by Gasteiger charge is -2.21. The summed E-state index contributed by atoms with van der Waals surface area (Å²) in [5.41, 5.74) is 2.55. The van der Waals surface area contributed by atoms with Crippen molar-refractivity contribution in [3.8, 4) is 0 Å². The molecule has 1 unspecified atom stereocenters. The van der Waals surface area contributed by atoms with Gasteiger partial charge in [-0.2, -0.15) is 0 Å². The van der Waals surface area contributed by atoms with Crippen molar-refractivity contribution in [3.05, 3.63) is 35.4 Å². The van der Waals surface area contributed by atoms with Gasteiger partial charge in [0.05, 0.1) is 5.75 Å². The first-order valence-corrected chi connectivity index (χ1v) is 11.3. The van der Waals surface area contributed by atoms with E-state index < -0.39 is 9.84 Å². The van der Waals surface area contributed by atoms with Crippen molar-refractivity contribution >= 4 is 15.8 Å². The molecule has 0 spiro atoms. The summed E-state index contributed by atoms with van der Waals surface area (Å²) < 4.78 is 22.6. The Bertz CT molecular complexity index is 670. The van der Waals surface area contributed by atoms with E-state index in [1.54, 1.807) is 7.05 Å². The van der Waals surface area contributed by atoms with Crippen molar-refractivity contribution in [2.45, 2.75) is 46.3 Å². The molecule has 0 aromatic heterocycles. The minimum Gasteiger partial charge on any atom is -0.354 e. The van der Waals surface area contributed by atoms with Gasteiger partial charge in [0, 0.05) is 32.4 Å². The maximum absolute atomic E-state index is 11.3. The Morgan fingerprint density at radius 3 is 2.35 bits per heavy atom. The Morgan fingerprint density at radius 1 is 1.19 bits per heavy atom. The molecule has 1 aromatic rings. The van der Waals surface area contributed by atoms with Crippen LogP contribution >= 0.6 is 0 Å². The summed E-state index contributed by atoms with van der Waals surface area (Å²) in [7, 11) is -1.22. The molecule has 0 saturated carbocycles. The number of rotatable bonds is 10. The molecule has 6 nitrogen and oxygen atoms in total. The third kappa shape index (κ3) is 8.67. The summed E-state index contributed by atoms with van der Waals surface area (Å²) in [6, 6.07) is 8.45. The number of nitrogens with one attached hydrogen (secondary N) is 2. The second-order valence-electron chi connectivity index (χ2n) is 6.62. The summed E-state index contributed by atoms with van der Waals surface area (Å²) in [6.45, 7) is 9.98. The van der Waals surface area contributed by atoms with Crippen LogP contribution in [0.1, 0.15) is 38.3 Å². The Kier molecular flexibility index (Phi) is 9.65. The van der Waals surface area contributed by atoms with Crippen LogP contribution in [0.4, 0.5) is 0 Å². The van der Waals surface area contributed by atoms with Crippen molar-refractivity contribution in [2.24, 2.45) is 4.99 Å². The molecule has 1 atom stereocenters. The number of guanidine groups is 1. The molecular weight excluding hydrogens is 348 g/mol. The third-order valence-electron chi connectivity index (χ3n) is 4.38. The monoisotopic (exact) mass is 382 g/mol. The van der Waals surface area contributed by atoms with Crippen LogP contribution in [0.15, 0.2) is 29.3 Å². The molecule has 2 N–H and O–H groups in total. The number of nitrogens with zero attached hydrogens (tertiary/aromatic N) is 2. The van der Waals surface area contributed by atoms with Crippen LogP contribution in [0.2, 0.25) is 0 Å². The number of benzene rings is 1. The zero-order chi connectivity index (χ0) is 19.6. The molecule has 26 heavy (non-hydrogen) atoms. The fourth-order valence-electron chi connectivity index (χ4n) is 2.64. The van der Waals surface area contributed by atoms with Crippen LogP contribution in [0.5, 0.6) is 0 Å². The van der Waals surface area contributed by atoms with E-state index >= 15 is 0 Å². The Morgan fingerprint density at radius 2 is 1.81 bits per heavy atom. The maximum atomic E-state index is 11.3. The van der Waals surface area contributed by atoms with Gasteiger partial charge in [0.2, 0.25) is 0 Å². The predicted molar refractivity (Wildman–Crippen MR) is 110 cm³/mol. The number of sulfone groups is 1. The minimum absolute atomic E-state index is 0.0295. The van der Waals surface area contributed by atoms with E-state index in [1.807, 2.05) is 13.0 Å². The molecule has 0 heterocycles. The van der Waals surface area contributed by atoms with Crippen LogP contribution in [0.3, 0.4) is 0 Å². The van der Waals surface area contributed by atoms with Gasteiger partial charge in [-0.15, -0.1) is 0 Å². The standard InChI is InChI=1S/C19H34N4O2S/c1-6-23(7-2)15-18-11-9-8-10-17(18)14-21-19(20-4)22-16(3)12-13-26(5,24)25/h8-11,16H,6-7,12-15H2,1-5H3,(H2,20,21,22). The molecule has 0 aliphatic rings. The van der Waals surface area contributed by atoms with Crippen LogP contribution in [-0.2, 0) is 22.9 Å². The summed E-state index contributed by atoms with van der Waals surface area (Å²) in [5, 5.41) is 6.59. The van der Waals surface area contributed by atoms with E-state index in [-0.39, 0.29) is 11.8 Å². The van der Waals surface area contributed by atoms with Gasteiger partial charge in [-0.1, -0.05) is 38.1 Å². The fourth-order valence-corrected chi connectivity index (χ4v) is 3.42. The highest BCUT2D eigenvalue weighted by Gasteiger charge is 2.10. The largest absolute Gasteiger partial charge is 0.354 e. The number of hydrogen-bond acceptors (Lipinski definition) is 4. The summed E-state index contributed by atoms with van der Waals surface area (Å²) >= 11 is 0. The molecule has 0 bridgehead atoms. The number of aliphatic imine (C=N–C) groups is 1. The molecular formula is C19H34N4O2S. The second-order valence-corrected chi connectivity index (χ2v) is 8.88. The van der Waals surface area contributed by atoms with Crippen LogP contribution in [0.25, 0.3) is 0 Å². The van der Waals surface area contributed by atoms with E-state index in [0.29, 0.717) is 18.9 Å².